The summed E-state index contributed by atoms with van der Waals surface area (Å²) in [5, 5.41) is 12.9. The molecule has 0 bridgehead atoms. The summed E-state index contributed by atoms with van der Waals surface area (Å²) < 4.78 is 1.53. The molecule has 16 heavy (non-hydrogen) atoms. The van der Waals surface area contributed by atoms with Crippen LogP contribution in [0.2, 0.25) is 0 Å². The van der Waals surface area contributed by atoms with Crippen LogP contribution in [0.3, 0.4) is 0 Å². The second kappa shape index (κ2) is 4.28. The van der Waals surface area contributed by atoms with Crippen molar-refractivity contribution in [1.29, 1.82) is 0 Å². The average molecular weight is 219 g/mol. The number of anilines is 1. The predicted octanol–water partition coefficient (Wildman–Crippen LogP) is 0.223. The summed E-state index contributed by atoms with van der Waals surface area (Å²) in [6, 6.07) is 0. The molecule has 0 spiro atoms. The van der Waals surface area contributed by atoms with Gasteiger partial charge >= 0.3 is 0 Å². The van der Waals surface area contributed by atoms with Gasteiger partial charge in [0.1, 0.15) is 5.82 Å². The van der Waals surface area contributed by atoms with E-state index in [0.717, 1.165) is 5.56 Å². The first-order valence-electron chi connectivity index (χ1n) is 4.93. The van der Waals surface area contributed by atoms with E-state index in [1.807, 2.05) is 6.92 Å². The number of aryl methyl sites for hydroxylation is 1. The van der Waals surface area contributed by atoms with Gasteiger partial charge in [-0.1, -0.05) is 0 Å². The summed E-state index contributed by atoms with van der Waals surface area (Å²) in [5.74, 6) is 1.02. The lowest BCUT2D eigenvalue weighted by atomic mass is 10.3. The van der Waals surface area contributed by atoms with Crippen molar-refractivity contribution in [3.05, 3.63) is 24.2 Å². The third-order valence-electron chi connectivity index (χ3n) is 2.21. The highest BCUT2D eigenvalue weighted by Crippen LogP contribution is 2.21. The van der Waals surface area contributed by atoms with Crippen molar-refractivity contribution < 1.29 is 5.11 Å². The number of rotatable bonds is 3. The maximum absolute atomic E-state index is 8.81. The molecule has 3 N–H and O–H groups in total. The molecule has 2 aromatic rings. The van der Waals surface area contributed by atoms with E-state index >= 15 is 0 Å². The van der Waals surface area contributed by atoms with E-state index in [0.29, 0.717) is 23.8 Å². The van der Waals surface area contributed by atoms with Crippen LogP contribution in [0.4, 0.5) is 5.82 Å². The van der Waals surface area contributed by atoms with Gasteiger partial charge in [-0.15, -0.1) is 0 Å². The Hall–Kier alpha value is -1.95. The van der Waals surface area contributed by atoms with E-state index in [-0.39, 0.29) is 6.61 Å². The van der Waals surface area contributed by atoms with Crippen molar-refractivity contribution in [1.82, 2.24) is 19.7 Å². The molecular weight excluding hydrogens is 206 g/mol. The third-order valence-corrected chi connectivity index (χ3v) is 2.21. The van der Waals surface area contributed by atoms with Crippen LogP contribution in [0.15, 0.2) is 18.6 Å². The predicted molar refractivity (Wildman–Crippen MR) is 59.5 cm³/mol. The van der Waals surface area contributed by atoms with Gasteiger partial charge in [0, 0.05) is 12.4 Å². The Balaban J connectivity index is 2.37. The van der Waals surface area contributed by atoms with E-state index in [1.54, 1.807) is 18.6 Å². The standard InChI is InChI=1S/C10H13N5O/c1-7-4-12-10(13-5-7)8-6-14-15(2-3-16)9(8)11/h4-6,16H,2-3,11H2,1H3. The van der Waals surface area contributed by atoms with Crippen LogP contribution in [0.1, 0.15) is 5.56 Å². The van der Waals surface area contributed by atoms with Crippen molar-refractivity contribution in [2.45, 2.75) is 13.5 Å². The fourth-order valence-corrected chi connectivity index (χ4v) is 1.37. The van der Waals surface area contributed by atoms with Crippen LogP contribution in [0.25, 0.3) is 11.4 Å². The molecule has 0 amide bonds. The molecule has 0 atom stereocenters. The first-order valence-corrected chi connectivity index (χ1v) is 4.93. The molecule has 0 unspecified atom stereocenters. The van der Waals surface area contributed by atoms with Crippen LogP contribution < -0.4 is 5.73 Å². The van der Waals surface area contributed by atoms with Gasteiger partial charge in [-0.2, -0.15) is 5.10 Å². The molecule has 84 valence electrons. The van der Waals surface area contributed by atoms with Gasteiger partial charge in [0.15, 0.2) is 5.82 Å². The van der Waals surface area contributed by atoms with E-state index in [4.69, 9.17) is 10.8 Å². The molecular formula is C10H13N5O. The zero-order valence-electron chi connectivity index (χ0n) is 8.96. The Morgan fingerprint density at radius 3 is 2.62 bits per heavy atom. The molecule has 0 saturated carbocycles. The second-order valence-corrected chi connectivity index (χ2v) is 3.47. The van der Waals surface area contributed by atoms with Crippen molar-refractivity contribution in [3.8, 4) is 11.4 Å². The Morgan fingerprint density at radius 2 is 2.00 bits per heavy atom. The lowest BCUT2D eigenvalue weighted by molar-refractivity contribution is 0.270. The minimum atomic E-state index is 0.0000744. The number of hydrogen-bond acceptors (Lipinski definition) is 5. The third kappa shape index (κ3) is 1.87. The van der Waals surface area contributed by atoms with E-state index in [2.05, 4.69) is 15.1 Å². The highest BCUT2D eigenvalue weighted by atomic mass is 16.3. The first-order chi connectivity index (χ1) is 7.72. The van der Waals surface area contributed by atoms with Crippen molar-refractivity contribution in [3.63, 3.8) is 0 Å². The van der Waals surface area contributed by atoms with E-state index in [1.165, 1.54) is 4.68 Å². The summed E-state index contributed by atoms with van der Waals surface area (Å²) in [5.41, 5.74) is 7.55. The molecule has 0 radical (unpaired) electrons. The molecule has 0 aliphatic rings. The molecule has 0 aromatic carbocycles. The minimum Gasteiger partial charge on any atom is -0.394 e. The highest BCUT2D eigenvalue weighted by Gasteiger charge is 2.11. The normalized spacial score (nSPS) is 10.6. The molecule has 6 nitrogen and oxygen atoms in total. The second-order valence-electron chi connectivity index (χ2n) is 3.47. The summed E-state index contributed by atoms with van der Waals surface area (Å²) in [6.07, 6.45) is 5.06. The Labute approximate surface area is 92.8 Å². The molecule has 2 aromatic heterocycles. The lowest BCUT2D eigenvalue weighted by Gasteiger charge is -2.02. The fraction of sp³-hybridized carbons (Fsp3) is 0.300. The molecule has 0 aliphatic carbocycles. The average Bonchev–Trinajstić information content (AvgIpc) is 2.63. The SMILES string of the molecule is Cc1cnc(-c2cnn(CCO)c2N)nc1. The minimum absolute atomic E-state index is 0.0000744. The monoisotopic (exact) mass is 219 g/mol. The van der Waals surface area contributed by atoms with Gasteiger partial charge < -0.3 is 10.8 Å². The quantitative estimate of drug-likeness (QED) is 0.770. The Morgan fingerprint density at radius 1 is 1.31 bits per heavy atom. The molecule has 0 fully saturated rings. The van der Waals surface area contributed by atoms with Crippen LogP contribution in [-0.2, 0) is 6.54 Å². The number of nitrogens with zero attached hydrogens (tertiary/aromatic N) is 4. The van der Waals surface area contributed by atoms with Gasteiger partial charge in [-0.3, -0.25) is 0 Å². The fourth-order valence-electron chi connectivity index (χ4n) is 1.37. The van der Waals surface area contributed by atoms with E-state index < -0.39 is 0 Å². The summed E-state index contributed by atoms with van der Waals surface area (Å²) in [7, 11) is 0. The van der Waals surface area contributed by atoms with Crippen molar-refractivity contribution in [2.75, 3.05) is 12.3 Å². The largest absolute Gasteiger partial charge is 0.394 e. The van der Waals surface area contributed by atoms with Gasteiger partial charge in [0.05, 0.1) is 24.9 Å². The van der Waals surface area contributed by atoms with Gasteiger partial charge in [0.25, 0.3) is 0 Å². The van der Waals surface area contributed by atoms with Crippen LogP contribution in [0, 0.1) is 6.92 Å². The number of aromatic nitrogens is 4. The number of nitrogens with two attached hydrogens (primary N) is 1. The zero-order valence-corrected chi connectivity index (χ0v) is 8.96. The zero-order chi connectivity index (χ0) is 11.5. The number of hydrogen-bond donors (Lipinski definition) is 2. The maximum atomic E-state index is 8.81. The number of aliphatic hydroxyl groups excluding tert-OH is 1. The first kappa shape index (κ1) is 10.6. The number of nitrogen functional groups attached to an aromatic ring is 1. The lowest BCUT2D eigenvalue weighted by Crippen LogP contribution is -2.07. The topological polar surface area (TPSA) is 89.8 Å². The molecule has 0 aliphatic heterocycles. The summed E-state index contributed by atoms with van der Waals surface area (Å²) >= 11 is 0. The van der Waals surface area contributed by atoms with Gasteiger partial charge in [0.2, 0.25) is 0 Å². The summed E-state index contributed by atoms with van der Waals surface area (Å²) in [4.78, 5) is 8.35. The molecule has 2 rings (SSSR count). The van der Waals surface area contributed by atoms with Crippen LogP contribution in [0.5, 0.6) is 0 Å². The van der Waals surface area contributed by atoms with Crippen molar-refractivity contribution >= 4 is 5.82 Å². The summed E-state index contributed by atoms with van der Waals surface area (Å²) in [6.45, 7) is 2.29. The highest BCUT2D eigenvalue weighted by molar-refractivity contribution is 5.67. The maximum Gasteiger partial charge on any atom is 0.164 e. The smallest absolute Gasteiger partial charge is 0.164 e. The van der Waals surface area contributed by atoms with Crippen LogP contribution >= 0.6 is 0 Å². The van der Waals surface area contributed by atoms with Crippen molar-refractivity contribution in [2.24, 2.45) is 0 Å². The molecule has 0 saturated heterocycles. The van der Waals surface area contributed by atoms with Gasteiger partial charge in [-0.05, 0) is 12.5 Å². The number of aliphatic hydroxyl groups is 1. The van der Waals surface area contributed by atoms with E-state index in [9.17, 15) is 0 Å². The Kier molecular flexibility index (Phi) is 2.82. The molecule has 2 heterocycles. The van der Waals surface area contributed by atoms with Gasteiger partial charge in [-0.25, -0.2) is 14.6 Å². The molecule has 6 heteroatoms. The Bertz CT molecular complexity index is 476. The van der Waals surface area contributed by atoms with Crippen LogP contribution in [-0.4, -0.2) is 31.5 Å².